The van der Waals surface area contributed by atoms with E-state index in [-0.39, 0.29) is 11.9 Å². The maximum atomic E-state index is 12.8. The number of aryl methyl sites for hydroxylation is 1. The average molecular weight is 332 g/mol. The highest BCUT2D eigenvalue weighted by molar-refractivity contribution is 5.97. The summed E-state index contributed by atoms with van der Waals surface area (Å²) in [5, 5.41) is 5.52. The van der Waals surface area contributed by atoms with Gasteiger partial charge in [-0.3, -0.25) is 4.79 Å². The molecule has 3 nitrogen and oxygen atoms in total. The number of nitrogens with zero attached hydrogens (tertiary/aromatic N) is 1. The minimum atomic E-state index is -0.0685. The lowest BCUT2D eigenvalue weighted by atomic mass is 9.99. The quantitative estimate of drug-likeness (QED) is 0.751. The fourth-order valence-corrected chi connectivity index (χ4v) is 3.11. The Labute approximate surface area is 149 Å². The second kappa shape index (κ2) is 6.98. The third-order valence-corrected chi connectivity index (χ3v) is 4.62. The van der Waals surface area contributed by atoms with Gasteiger partial charge in [-0.15, -0.1) is 0 Å². The largest absolute Gasteiger partial charge is 0.378 e. The van der Waals surface area contributed by atoms with E-state index < -0.39 is 0 Å². The van der Waals surface area contributed by atoms with Crippen LogP contribution >= 0.6 is 0 Å². The first-order chi connectivity index (χ1) is 12.0. The highest BCUT2D eigenvalue weighted by Gasteiger charge is 2.16. The zero-order valence-corrected chi connectivity index (χ0v) is 15.2. The van der Waals surface area contributed by atoms with Gasteiger partial charge in [-0.25, -0.2) is 0 Å². The molecule has 1 amide bonds. The molecule has 0 fully saturated rings. The molecule has 0 bridgehead atoms. The molecule has 0 spiro atoms. The number of nitrogens with one attached hydrogen (secondary N) is 1. The molecule has 1 atom stereocenters. The van der Waals surface area contributed by atoms with Crippen LogP contribution in [0.1, 0.15) is 34.5 Å². The van der Waals surface area contributed by atoms with Gasteiger partial charge in [0.1, 0.15) is 0 Å². The summed E-state index contributed by atoms with van der Waals surface area (Å²) in [5.41, 5.74) is 3.85. The molecular weight excluding hydrogens is 308 g/mol. The second-order valence-electron chi connectivity index (χ2n) is 6.66. The summed E-state index contributed by atoms with van der Waals surface area (Å²) < 4.78 is 0. The molecule has 1 N–H and O–H groups in total. The molecule has 25 heavy (non-hydrogen) atoms. The lowest BCUT2D eigenvalue weighted by molar-refractivity contribution is 0.0939. The Kier molecular flexibility index (Phi) is 4.75. The molecule has 0 saturated carbocycles. The van der Waals surface area contributed by atoms with Gasteiger partial charge in [-0.1, -0.05) is 48.5 Å². The topological polar surface area (TPSA) is 32.3 Å². The highest BCUT2D eigenvalue weighted by Crippen LogP contribution is 2.25. The van der Waals surface area contributed by atoms with Crippen molar-refractivity contribution in [3.8, 4) is 0 Å². The molecule has 0 aliphatic carbocycles. The van der Waals surface area contributed by atoms with E-state index in [0.29, 0.717) is 0 Å². The van der Waals surface area contributed by atoms with Crippen molar-refractivity contribution in [1.82, 2.24) is 5.32 Å². The molecule has 128 valence electrons. The molecule has 3 aromatic rings. The summed E-state index contributed by atoms with van der Waals surface area (Å²) in [5.74, 6) is -0.0402. The van der Waals surface area contributed by atoms with Crippen molar-refractivity contribution in [3.63, 3.8) is 0 Å². The standard InChI is InChI=1S/C22H24N2O/c1-15-12-13-18(24(3)4)14-21(15)22(25)23-16(2)19-11-7-9-17-8-5-6-10-20(17)19/h5-14,16H,1-4H3,(H,23,25)/t16-/m1/s1. The number of amides is 1. The summed E-state index contributed by atoms with van der Waals surface area (Å²) in [6.45, 7) is 4.00. The first-order valence-electron chi connectivity index (χ1n) is 8.54. The number of benzene rings is 3. The van der Waals surface area contributed by atoms with Crippen LogP contribution in [0.25, 0.3) is 10.8 Å². The molecule has 0 unspecified atom stereocenters. The lowest BCUT2D eigenvalue weighted by Crippen LogP contribution is -2.27. The van der Waals surface area contributed by atoms with Gasteiger partial charge in [0, 0.05) is 25.3 Å². The number of hydrogen-bond acceptors (Lipinski definition) is 2. The SMILES string of the molecule is Cc1ccc(N(C)C)cc1C(=O)N[C@H](C)c1cccc2ccccc12. The Bertz CT molecular complexity index is 910. The van der Waals surface area contributed by atoms with Crippen molar-refractivity contribution >= 4 is 22.4 Å². The van der Waals surface area contributed by atoms with Gasteiger partial charge >= 0.3 is 0 Å². The Morgan fingerprint density at radius 3 is 2.48 bits per heavy atom. The summed E-state index contributed by atoms with van der Waals surface area (Å²) in [6, 6.07) is 20.4. The summed E-state index contributed by atoms with van der Waals surface area (Å²) in [6.07, 6.45) is 0. The third-order valence-electron chi connectivity index (χ3n) is 4.62. The van der Waals surface area contributed by atoms with Gasteiger partial charge in [0.2, 0.25) is 0 Å². The number of anilines is 1. The summed E-state index contributed by atoms with van der Waals surface area (Å²) in [4.78, 5) is 14.8. The van der Waals surface area contributed by atoms with E-state index in [0.717, 1.165) is 22.4 Å². The van der Waals surface area contributed by atoms with Gasteiger partial charge in [0.15, 0.2) is 0 Å². The van der Waals surface area contributed by atoms with E-state index >= 15 is 0 Å². The number of rotatable bonds is 4. The molecule has 0 radical (unpaired) electrons. The Hall–Kier alpha value is -2.81. The van der Waals surface area contributed by atoms with Crippen LogP contribution in [0.4, 0.5) is 5.69 Å². The molecule has 3 aromatic carbocycles. The van der Waals surface area contributed by atoms with Crippen LogP contribution in [0.2, 0.25) is 0 Å². The molecule has 0 saturated heterocycles. The van der Waals surface area contributed by atoms with Crippen LogP contribution in [0.15, 0.2) is 60.7 Å². The minimum Gasteiger partial charge on any atom is -0.378 e. The zero-order chi connectivity index (χ0) is 18.0. The summed E-state index contributed by atoms with van der Waals surface area (Å²) in [7, 11) is 3.95. The Balaban J connectivity index is 1.89. The van der Waals surface area contributed by atoms with E-state index in [9.17, 15) is 4.79 Å². The van der Waals surface area contributed by atoms with Crippen molar-refractivity contribution in [1.29, 1.82) is 0 Å². The molecule has 0 heterocycles. The molecule has 3 heteroatoms. The molecule has 3 rings (SSSR count). The number of fused-ring (bicyclic) bond motifs is 1. The fourth-order valence-electron chi connectivity index (χ4n) is 3.11. The fraction of sp³-hybridized carbons (Fsp3) is 0.227. The average Bonchev–Trinajstić information content (AvgIpc) is 2.61. The summed E-state index contributed by atoms with van der Waals surface area (Å²) >= 11 is 0. The van der Waals surface area contributed by atoms with Crippen LogP contribution in [0.5, 0.6) is 0 Å². The van der Waals surface area contributed by atoms with Crippen LogP contribution in [-0.4, -0.2) is 20.0 Å². The van der Waals surface area contributed by atoms with Crippen molar-refractivity contribution in [3.05, 3.63) is 77.4 Å². The van der Waals surface area contributed by atoms with Crippen molar-refractivity contribution in [2.75, 3.05) is 19.0 Å². The van der Waals surface area contributed by atoms with Gasteiger partial charge in [-0.05, 0) is 47.9 Å². The second-order valence-corrected chi connectivity index (χ2v) is 6.66. The molecular formula is C22H24N2O. The van der Waals surface area contributed by atoms with E-state index in [1.165, 1.54) is 10.8 Å². The number of carbonyl (C=O) groups is 1. The number of carbonyl (C=O) groups excluding carboxylic acids is 1. The molecule has 0 aromatic heterocycles. The van der Waals surface area contributed by atoms with E-state index in [2.05, 4.69) is 29.6 Å². The van der Waals surface area contributed by atoms with Gasteiger partial charge in [0.05, 0.1) is 6.04 Å². The molecule has 0 aliphatic rings. The minimum absolute atomic E-state index is 0.0402. The third kappa shape index (κ3) is 3.50. The predicted octanol–water partition coefficient (Wildman–Crippen LogP) is 4.71. The normalized spacial score (nSPS) is 12.0. The van der Waals surface area contributed by atoms with Crippen LogP contribution in [-0.2, 0) is 0 Å². The van der Waals surface area contributed by atoms with Crippen molar-refractivity contribution in [2.45, 2.75) is 19.9 Å². The van der Waals surface area contributed by atoms with E-state index in [4.69, 9.17) is 0 Å². The zero-order valence-electron chi connectivity index (χ0n) is 15.2. The van der Waals surface area contributed by atoms with E-state index in [1.807, 2.05) is 69.2 Å². The monoisotopic (exact) mass is 332 g/mol. The van der Waals surface area contributed by atoms with Gasteiger partial charge in [0.25, 0.3) is 5.91 Å². The van der Waals surface area contributed by atoms with Crippen LogP contribution in [0, 0.1) is 6.92 Å². The first-order valence-corrected chi connectivity index (χ1v) is 8.54. The lowest BCUT2D eigenvalue weighted by Gasteiger charge is -2.19. The van der Waals surface area contributed by atoms with Crippen molar-refractivity contribution in [2.24, 2.45) is 0 Å². The first kappa shape index (κ1) is 17.0. The van der Waals surface area contributed by atoms with E-state index in [1.54, 1.807) is 0 Å². The van der Waals surface area contributed by atoms with Crippen LogP contribution < -0.4 is 10.2 Å². The maximum absolute atomic E-state index is 12.8. The Morgan fingerprint density at radius 1 is 1.00 bits per heavy atom. The molecule has 0 aliphatic heterocycles. The number of hydrogen-bond donors (Lipinski definition) is 1. The van der Waals surface area contributed by atoms with Crippen LogP contribution in [0.3, 0.4) is 0 Å². The smallest absolute Gasteiger partial charge is 0.252 e. The van der Waals surface area contributed by atoms with Crippen molar-refractivity contribution < 1.29 is 4.79 Å². The predicted molar refractivity (Wildman–Crippen MR) is 105 cm³/mol. The van der Waals surface area contributed by atoms with Gasteiger partial charge in [-0.2, -0.15) is 0 Å². The Morgan fingerprint density at radius 2 is 1.72 bits per heavy atom. The highest BCUT2D eigenvalue weighted by atomic mass is 16.1. The van der Waals surface area contributed by atoms with Gasteiger partial charge < -0.3 is 10.2 Å². The maximum Gasteiger partial charge on any atom is 0.252 e.